The second kappa shape index (κ2) is 4.45. The summed E-state index contributed by atoms with van der Waals surface area (Å²) in [6.45, 7) is 4.17. The monoisotopic (exact) mass is 273 g/mol. The molecule has 0 aliphatic carbocycles. The lowest BCUT2D eigenvalue weighted by molar-refractivity contribution is 0.669. The molecular formula is C19H15NO. The molecule has 2 heterocycles. The quantitative estimate of drug-likeness (QED) is 0.472. The number of aryl methyl sites for hydroxylation is 2. The SMILES string of the molecule is Cc1ccc(-c2cc(C)c3c(c2)oc2ccccc23)nc1. The summed E-state index contributed by atoms with van der Waals surface area (Å²) < 4.78 is 5.99. The highest BCUT2D eigenvalue weighted by molar-refractivity contribution is 6.07. The molecule has 0 radical (unpaired) electrons. The highest BCUT2D eigenvalue weighted by Gasteiger charge is 2.11. The van der Waals surface area contributed by atoms with Crippen LogP contribution in [0.2, 0.25) is 0 Å². The zero-order valence-electron chi connectivity index (χ0n) is 12.1. The first kappa shape index (κ1) is 12.2. The van der Waals surface area contributed by atoms with E-state index in [9.17, 15) is 0 Å². The Labute approximate surface area is 123 Å². The molecule has 4 aromatic rings. The van der Waals surface area contributed by atoms with E-state index in [-0.39, 0.29) is 0 Å². The summed E-state index contributed by atoms with van der Waals surface area (Å²) >= 11 is 0. The van der Waals surface area contributed by atoms with E-state index < -0.39 is 0 Å². The molecule has 0 aliphatic rings. The normalized spacial score (nSPS) is 11.3. The molecule has 0 fully saturated rings. The van der Waals surface area contributed by atoms with Crippen LogP contribution in [0.5, 0.6) is 0 Å². The minimum absolute atomic E-state index is 0.925. The van der Waals surface area contributed by atoms with Crippen molar-refractivity contribution in [2.45, 2.75) is 13.8 Å². The van der Waals surface area contributed by atoms with Crippen LogP contribution in [-0.4, -0.2) is 4.98 Å². The van der Waals surface area contributed by atoms with Crippen molar-refractivity contribution in [3.8, 4) is 11.3 Å². The third-order valence-electron chi connectivity index (χ3n) is 3.88. The van der Waals surface area contributed by atoms with Crippen LogP contribution in [0.25, 0.3) is 33.2 Å². The van der Waals surface area contributed by atoms with Crippen molar-refractivity contribution >= 4 is 21.9 Å². The van der Waals surface area contributed by atoms with Crippen molar-refractivity contribution in [1.29, 1.82) is 0 Å². The number of rotatable bonds is 1. The van der Waals surface area contributed by atoms with E-state index in [1.54, 1.807) is 0 Å². The molecule has 2 heteroatoms. The number of nitrogens with zero attached hydrogens (tertiary/aromatic N) is 1. The Morgan fingerprint density at radius 1 is 0.905 bits per heavy atom. The minimum Gasteiger partial charge on any atom is -0.456 e. The van der Waals surface area contributed by atoms with E-state index in [0.29, 0.717) is 0 Å². The van der Waals surface area contributed by atoms with Crippen LogP contribution in [0.15, 0.2) is 59.1 Å². The van der Waals surface area contributed by atoms with Crippen LogP contribution in [-0.2, 0) is 0 Å². The summed E-state index contributed by atoms with van der Waals surface area (Å²) in [6, 6.07) is 16.6. The number of aromatic nitrogens is 1. The molecule has 0 spiro atoms. The number of para-hydroxylation sites is 1. The van der Waals surface area contributed by atoms with Gasteiger partial charge >= 0.3 is 0 Å². The molecule has 0 N–H and O–H groups in total. The van der Waals surface area contributed by atoms with Gasteiger partial charge in [0.25, 0.3) is 0 Å². The summed E-state index contributed by atoms with van der Waals surface area (Å²) in [4.78, 5) is 4.51. The maximum absolute atomic E-state index is 5.99. The van der Waals surface area contributed by atoms with Crippen molar-refractivity contribution < 1.29 is 4.42 Å². The third-order valence-corrected chi connectivity index (χ3v) is 3.88. The summed E-state index contributed by atoms with van der Waals surface area (Å²) in [5.74, 6) is 0. The summed E-state index contributed by atoms with van der Waals surface area (Å²) in [5, 5.41) is 2.37. The summed E-state index contributed by atoms with van der Waals surface area (Å²) in [7, 11) is 0. The first-order valence-electron chi connectivity index (χ1n) is 7.07. The minimum atomic E-state index is 0.925. The Balaban J connectivity index is 2.00. The van der Waals surface area contributed by atoms with Gasteiger partial charge in [-0.25, -0.2) is 0 Å². The Kier molecular flexibility index (Phi) is 2.58. The summed E-state index contributed by atoms with van der Waals surface area (Å²) in [5.41, 5.74) is 6.32. The highest BCUT2D eigenvalue weighted by Crippen LogP contribution is 2.34. The van der Waals surface area contributed by atoms with Crippen LogP contribution >= 0.6 is 0 Å². The molecule has 4 rings (SSSR count). The molecule has 0 aliphatic heterocycles. The molecule has 0 atom stereocenters. The molecular weight excluding hydrogens is 258 g/mol. The Morgan fingerprint density at radius 2 is 1.76 bits per heavy atom. The van der Waals surface area contributed by atoms with Gasteiger partial charge in [-0.3, -0.25) is 4.98 Å². The smallest absolute Gasteiger partial charge is 0.136 e. The van der Waals surface area contributed by atoms with Crippen molar-refractivity contribution in [3.05, 3.63) is 65.9 Å². The van der Waals surface area contributed by atoms with Crippen molar-refractivity contribution in [3.63, 3.8) is 0 Å². The standard InChI is InChI=1S/C19H15NO/c1-12-7-8-16(20-11-12)14-9-13(2)19-15-5-3-4-6-17(15)21-18(19)10-14/h3-11H,1-2H3. The molecule has 2 aromatic carbocycles. The number of fused-ring (bicyclic) bond motifs is 3. The van der Waals surface area contributed by atoms with E-state index in [0.717, 1.165) is 22.4 Å². The fourth-order valence-corrected chi connectivity index (χ4v) is 2.85. The summed E-state index contributed by atoms with van der Waals surface area (Å²) in [6.07, 6.45) is 1.90. The first-order valence-corrected chi connectivity index (χ1v) is 7.07. The maximum atomic E-state index is 5.99. The van der Waals surface area contributed by atoms with Crippen LogP contribution < -0.4 is 0 Å². The van der Waals surface area contributed by atoms with E-state index in [1.165, 1.54) is 21.9 Å². The van der Waals surface area contributed by atoms with Gasteiger partial charge in [0.15, 0.2) is 0 Å². The molecule has 102 valence electrons. The van der Waals surface area contributed by atoms with Gasteiger partial charge in [0, 0.05) is 22.5 Å². The number of hydrogen-bond acceptors (Lipinski definition) is 2. The van der Waals surface area contributed by atoms with Crippen molar-refractivity contribution in [2.75, 3.05) is 0 Å². The van der Waals surface area contributed by atoms with Crippen molar-refractivity contribution in [1.82, 2.24) is 4.98 Å². The second-order valence-electron chi connectivity index (χ2n) is 5.49. The van der Waals surface area contributed by atoms with E-state index >= 15 is 0 Å². The number of pyridine rings is 1. The van der Waals surface area contributed by atoms with Gasteiger partial charge in [0.1, 0.15) is 11.2 Å². The van der Waals surface area contributed by atoms with Gasteiger partial charge in [-0.15, -0.1) is 0 Å². The molecule has 2 nitrogen and oxygen atoms in total. The molecule has 0 amide bonds. The average Bonchev–Trinajstić information content (AvgIpc) is 2.86. The predicted molar refractivity (Wildman–Crippen MR) is 86.4 cm³/mol. The molecule has 0 unspecified atom stereocenters. The fraction of sp³-hybridized carbons (Fsp3) is 0.105. The highest BCUT2D eigenvalue weighted by atomic mass is 16.3. The predicted octanol–water partition coefficient (Wildman–Crippen LogP) is 5.26. The molecule has 2 aromatic heterocycles. The van der Waals surface area contributed by atoms with Crippen LogP contribution in [0, 0.1) is 13.8 Å². The molecule has 0 saturated heterocycles. The van der Waals surface area contributed by atoms with Gasteiger partial charge in [0.05, 0.1) is 5.69 Å². The second-order valence-corrected chi connectivity index (χ2v) is 5.49. The largest absolute Gasteiger partial charge is 0.456 e. The lowest BCUT2D eigenvalue weighted by Gasteiger charge is -2.04. The van der Waals surface area contributed by atoms with Crippen LogP contribution in [0.4, 0.5) is 0 Å². The number of benzene rings is 2. The number of hydrogen-bond donors (Lipinski definition) is 0. The third kappa shape index (κ3) is 1.91. The Morgan fingerprint density at radius 3 is 2.57 bits per heavy atom. The fourth-order valence-electron chi connectivity index (χ4n) is 2.85. The van der Waals surface area contributed by atoms with Crippen LogP contribution in [0.1, 0.15) is 11.1 Å². The zero-order chi connectivity index (χ0) is 14.4. The Hall–Kier alpha value is -2.61. The molecule has 0 bridgehead atoms. The Bertz CT molecular complexity index is 949. The van der Waals surface area contributed by atoms with E-state index in [1.807, 2.05) is 31.3 Å². The molecule has 21 heavy (non-hydrogen) atoms. The molecule has 0 saturated carbocycles. The average molecular weight is 273 g/mol. The van der Waals surface area contributed by atoms with E-state index in [2.05, 4.69) is 42.2 Å². The lowest BCUT2D eigenvalue weighted by Crippen LogP contribution is -1.85. The maximum Gasteiger partial charge on any atom is 0.136 e. The number of furan rings is 1. The first-order chi connectivity index (χ1) is 10.2. The lowest BCUT2D eigenvalue weighted by atomic mass is 10.0. The topological polar surface area (TPSA) is 26.0 Å². The van der Waals surface area contributed by atoms with Gasteiger partial charge in [-0.05, 0) is 49.2 Å². The van der Waals surface area contributed by atoms with Crippen LogP contribution in [0.3, 0.4) is 0 Å². The van der Waals surface area contributed by atoms with Gasteiger partial charge in [-0.2, -0.15) is 0 Å². The zero-order valence-corrected chi connectivity index (χ0v) is 12.1. The van der Waals surface area contributed by atoms with Gasteiger partial charge in [0.2, 0.25) is 0 Å². The van der Waals surface area contributed by atoms with Crippen molar-refractivity contribution in [2.24, 2.45) is 0 Å². The van der Waals surface area contributed by atoms with Gasteiger partial charge < -0.3 is 4.42 Å². The van der Waals surface area contributed by atoms with E-state index in [4.69, 9.17) is 4.42 Å². The van der Waals surface area contributed by atoms with Gasteiger partial charge in [-0.1, -0.05) is 24.3 Å².